The van der Waals surface area contributed by atoms with E-state index in [2.05, 4.69) is 15.3 Å². The summed E-state index contributed by atoms with van der Waals surface area (Å²) < 4.78 is 22.9. The van der Waals surface area contributed by atoms with E-state index in [1.54, 1.807) is 24.5 Å². The molecule has 0 bridgehead atoms. The fourth-order valence-electron chi connectivity index (χ4n) is 1.67. The Morgan fingerprint density at radius 1 is 1.37 bits per heavy atom. The average molecular weight is 281 g/mol. The van der Waals surface area contributed by atoms with Gasteiger partial charge in [-0.3, -0.25) is 0 Å². The lowest BCUT2D eigenvalue weighted by molar-refractivity contribution is 0.598. The van der Waals surface area contributed by atoms with Crippen LogP contribution in [-0.2, 0) is 16.4 Å². The Balaban J connectivity index is 2.12. The Hall–Kier alpha value is -2.06. The summed E-state index contributed by atoms with van der Waals surface area (Å²) in [6, 6.07) is 4.55. The summed E-state index contributed by atoms with van der Waals surface area (Å²) in [6.07, 6.45) is 4.03. The van der Waals surface area contributed by atoms with Crippen LogP contribution in [0.1, 0.15) is 5.82 Å². The van der Waals surface area contributed by atoms with Gasteiger partial charge < -0.3 is 16.0 Å². The smallest absolute Gasteiger partial charge is 0.240 e. The second-order valence-electron chi connectivity index (χ2n) is 4.01. The van der Waals surface area contributed by atoms with Crippen molar-refractivity contribution in [2.75, 3.05) is 17.6 Å². The predicted molar refractivity (Wildman–Crippen MR) is 73.0 cm³/mol. The van der Waals surface area contributed by atoms with Crippen molar-refractivity contribution >= 4 is 21.4 Å². The van der Waals surface area contributed by atoms with E-state index in [9.17, 15) is 8.42 Å². The maximum atomic E-state index is 11.5. The molecular formula is C11H15N5O2S. The van der Waals surface area contributed by atoms with Crippen LogP contribution >= 0.6 is 0 Å². The molecule has 1 heterocycles. The van der Waals surface area contributed by atoms with Gasteiger partial charge in [0, 0.05) is 31.0 Å². The monoisotopic (exact) mass is 281 g/mol. The number of hydrogen-bond acceptors (Lipinski definition) is 5. The van der Waals surface area contributed by atoms with Crippen LogP contribution in [0.4, 0.5) is 11.4 Å². The van der Waals surface area contributed by atoms with Crippen LogP contribution in [0, 0.1) is 0 Å². The highest BCUT2D eigenvalue weighted by Crippen LogP contribution is 2.22. The quantitative estimate of drug-likeness (QED) is 0.586. The molecule has 8 heteroatoms. The standard InChI is InChI=1S/C11H15N5O2S/c12-8-1-2-9(10(7-8)19(13,17)18)14-4-3-11-15-5-6-16-11/h1-2,5-7,14H,3-4,12H2,(H,15,16)(H2,13,17,18). The van der Waals surface area contributed by atoms with Crippen LogP contribution in [0.15, 0.2) is 35.5 Å². The minimum atomic E-state index is -3.81. The maximum absolute atomic E-state index is 11.5. The first-order chi connectivity index (χ1) is 8.97. The Labute approximate surface area is 111 Å². The van der Waals surface area contributed by atoms with E-state index in [1.165, 1.54) is 6.07 Å². The van der Waals surface area contributed by atoms with Crippen LogP contribution in [0.3, 0.4) is 0 Å². The second-order valence-corrected chi connectivity index (χ2v) is 5.54. The summed E-state index contributed by atoms with van der Waals surface area (Å²) in [6.45, 7) is 0.528. The number of hydrogen-bond donors (Lipinski definition) is 4. The molecule has 0 unspecified atom stereocenters. The molecule has 0 radical (unpaired) electrons. The lowest BCUT2D eigenvalue weighted by Gasteiger charge is -2.10. The fourth-order valence-corrected chi connectivity index (χ4v) is 2.42. The number of anilines is 2. The number of imidazole rings is 1. The summed E-state index contributed by atoms with van der Waals surface area (Å²) in [7, 11) is -3.81. The summed E-state index contributed by atoms with van der Waals surface area (Å²) in [5, 5.41) is 8.16. The highest BCUT2D eigenvalue weighted by molar-refractivity contribution is 7.89. The summed E-state index contributed by atoms with van der Waals surface area (Å²) >= 11 is 0. The number of nitrogens with two attached hydrogens (primary N) is 2. The predicted octanol–water partition coefficient (Wildman–Crippen LogP) is 0.294. The molecular weight excluding hydrogens is 266 g/mol. The maximum Gasteiger partial charge on any atom is 0.240 e. The number of sulfonamides is 1. The van der Waals surface area contributed by atoms with Crippen LogP contribution in [0.25, 0.3) is 0 Å². The largest absolute Gasteiger partial charge is 0.399 e. The third-order valence-electron chi connectivity index (χ3n) is 2.54. The molecule has 0 aliphatic carbocycles. The number of rotatable bonds is 5. The van der Waals surface area contributed by atoms with E-state index in [0.717, 1.165) is 5.82 Å². The van der Waals surface area contributed by atoms with Gasteiger partial charge in [-0.05, 0) is 18.2 Å². The van der Waals surface area contributed by atoms with Crippen molar-refractivity contribution in [1.29, 1.82) is 0 Å². The molecule has 0 fully saturated rings. The SMILES string of the molecule is Nc1ccc(NCCc2ncc[nH]2)c(S(N)(=O)=O)c1. The molecule has 0 aliphatic heterocycles. The van der Waals surface area contributed by atoms with Crippen molar-refractivity contribution in [2.45, 2.75) is 11.3 Å². The van der Waals surface area contributed by atoms with E-state index in [4.69, 9.17) is 10.9 Å². The molecule has 1 aromatic heterocycles. The second kappa shape index (κ2) is 5.29. The molecule has 0 saturated carbocycles. The third-order valence-corrected chi connectivity index (χ3v) is 3.50. The lowest BCUT2D eigenvalue weighted by Crippen LogP contribution is -2.16. The number of benzene rings is 1. The zero-order valence-corrected chi connectivity index (χ0v) is 10.9. The van der Waals surface area contributed by atoms with E-state index in [0.29, 0.717) is 24.3 Å². The van der Waals surface area contributed by atoms with Crippen molar-refractivity contribution in [3.63, 3.8) is 0 Å². The lowest BCUT2D eigenvalue weighted by atomic mass is 10.2. The molecule has 0 amide bonds. The Kier molecular flexibility index (Phi) is 3.72. The summed E-state index contributed by atoms with van der Waals surface area (Å²) in [4.78, 5) is 7.03. The molecule has 7 nitrogen and oxygen atoms in total. The molecule has 0 aliphatic rings. The molecule has 6 N–H and O–H groups in total. The van der Waals surface area contributed by atoms with Crippen molar-refractivity contribution in [3.8, 4) is 0 Å². The van der Waals surface area contributed by atoms with Gasteiger partial charge in [0.15, 0.2) is 0 Å². The van der Waals surface area contributed by atoms with Crippen molar-refractivity contribution in [2.24, 2.45) is 5.14 Å². The van der Waals surface area contributed by atoms with Crippen molar-refractivity contribution in [1.82, 2.24) is 9.97 Å². The first kappa shape index (κ1) is 13.4. The summed E-state index contributed by atoms with van der Waals surface area (Å²) in [5.41, 5.74) is 6.35. The molecule has 0 saturated heterocycles. The highest BCUT2D eigenvalue weighted by atomic mass is 32.2. The van der Waals surface area contributed by atoms with Gasteiger partial charge in [0.2, 0.25) is 10.0 Å². The van der Waals surface area contributed by atoms with Crippen molar-refractivity contribution in [3.05, 3.63) is 36.4 Å². The van der Waals surface area contributed by atoms with Crippen LogP contribution in [0.5, 0.6) is 0 Å². The van der Waals surface area contributed by atoms with Gasteiger partial charge in [0.05, 0.1) is 5.69 Å². The van der Waals surface area contributed by atoms with Crippen molar-refractivity contribution < 1.29 is 8.42 Å². The Morgan fingerprint density at radius 3 is 2.79 bits per heavy atom. The minimum Gasteiger partial charge on any atom is -0.399 e. The van der Waals surface area contributed by atoms with Crippen LogP contribution < -0.4 is 16.2 Å². The molecule has 2 rings (SSSR count). The molecule has 102 valence electrons. The highest BCUT2D eigenvalue weighted by Gasteiger charge is 2.14. The Morgan fingerprint density at radius 2 is 2.16 bits per heavy atom. The molecule has 1 aromatic carbocycles. The average Bonchev–Trinajstić information content (AvgIpc) is 2.83. The molecule has 2 aromatic rings. The van der Waals surface area contributed by atoms with Gasteiger partial charge in [-0.2, -0.15) is 0 Å². The number of primary sulfonamides is 1. The van der Waals surface area contributed by atoms with Gasteiger partial charge in [-0.15, -0.1) is 0 Å². The van der Waals surface area contributed by atoms with Gasteiger partial charge in [-0.25, -0.2) is 18.5 Å². The molecule has 0 atom stereocenters. The van der Waals surface area contributed by atoms with Crippen LogP contribution in [0.2, 0.25) is 0 Å². The normalized spacial score (nSPS) is 11.4. The van der Waals surface area contributed by atoms with E-state index < -0.39 is 10.0 Å². The third kappa shape index (κ3) is 3.46. The van der Waals surface area contributed by atoms with Crippen LogP contribution in [-0.4, -0.2) is 24.9 Å². The van der Waals surface area contributed by atoms with Gasteiger partial charge in [0.1, 0.15) is 10.7 Å². The number of nitrogens with zero attached hydrogens (tertiary/aromatic N) is 1. The van der Waals surface area contributed by atoms with Gasteiger partial charge in [-0.1, -0.05) is 0 Å². The van der Waals surface area contributed by atoms with Gasteiger partial charge in [0.25, 0.3) is 0 Å². The van der Waals surface area contributed by atoms with E-state index >= 15 is 0 Å². The van der Waals surface area contributed by atoms with E-state index in [1.807, 2.05) is 0 Å². The molecule has 0 spiro atoms. The molecule has 19 heavy (non-hydrogen) atoms. The number of nitrogens with one attached hydrogen (secondary N) is 2. The van der Waals surface area contributed by atoms with E-state index in [-0.39, 0.29) is 4.90 Å². The first-order valence-corrected chi connectivity index (χ1v) is 7.16. The topological polar surface area (TPSA) is 127 Å². The fraction of sp³-hybridized carbons (Fsp3) is 0.182. The number of H-pyrrole nitrogens is 1. The van der Waals surface area contributed by atoms with Gasteiger partial charge >= 0.3 is 0 Å². The number of nitrogen functional groups attached to an aromatic ring is 1. The zero-order chi connectivity index (χ0) is 13.9. The number of aromatic nitrogens is 2. The summed E-state index contributed by atoms with van der Waals surface area (Å²) in [5.74, 6) is 0.820. The Bertz CT molecular complexity index is 652. The first-order valence-electron chi connectivity index (χ1n) is 5.61. The minimum absolute atomic E-state index is 0.00746. The zero-order valence-electron chi connectivity index (χ0n) is 10.1. The number of aromatic amines is 1.